The zero-order chi connectivity index (χ0) is 27.4. The molecule has 0 spiro atoms. The minimum absolute atomic E-state index is 0.0781. The van der Waals surface area contributed by atoms with Gasteiger partial charge in [0.2, 0.25) is 11.8 Å². The lowest BCUT2D eigenvalue weighted by atomic mass is 10.1. The molecule has 0 radical (unpaired) electrons. The number of hydrogen-bond donors (Lipinski definition) is 2. The second-order valence-corrected chi connectivity index (χ2v) is 8.97. The Kier molecular flexibility index (Phi) is 7.64. The van der Waals surface area contributed by atoms with Gasteiger partial charge in [-0.1, -0.05) is 6.07 Å². The van der Waals surface area contributed by atoms with Gasteiger partial charge in [-0.2, -0.15) is 5.10 Å². The van der Waals surface area contributed by atoms with Crippen LogP contribution in [0.15, 0.2) is 48.8 Å². The van der Waals surface area contributed by atoms with E-state index < -0.39 is 11.7 Å². The maximum absolute atomic E-state index is 14.0. The van der Waals surface area contributed by atoms with E-state index in [0.717, 1.165) is 0 Å². The first-order valence-electron chi connectivity index (χ1n) is 12.4. The molecule has 4 heterocycles. The van der Waals surface area contributed by atoms with Crippen LogP contribution >= 0.6 is 0 Å². The summed E-state index contributed by atoms with van der Waals surface area (Å²) < 4.78 is 32.2. The van der Waals surface area contributed by atoms with Crippen LogP contribution in [0.2, 0.25) is 0 Å². The van der Waals surface area contributed by atoms with Gasteiger partial charge in [0.15, 0.2) is 11.5 Å². The van der Waals surface area contributed by atoms with Gasteiger partial charge >= 0.3 is 0 Å². The minimum Gasteiger partial charge on any atom is -0.490 e. The van der Waals surface area contributed by atoms with E-state index in [2.05, 4.69) is 25.7 Å². The summed E-state index contributed by atoms with van der Waals surface area (Å²) >= 11 is 0. The molecule has 0 atom stereocenters. The number of halogens is 1. The highest BCUT2D eigenvalue weighted by molar-refractivity contribution is 5.97. The lowest BCUT2D eigenvalue weighted by Crippen LogP contribution is -2.27. The van der Waals surface area contributed by atoms with Crippen LogP contribution in [0.1, 0.15) is 35.7 Å². The molecule has 0 unspecified atom stereocenters. The van der Waals surface area contributed by atoms with Gasteiger partial charge in [0.1, 0.15) is 23.2 Å². The largest absolute Gasteiger partial charge is 0.490 e. The van der Waals surface area contributed by atoms with Gasteiger partial charge in [-0.05, 0) is 24.3 Å². The molecule has 5 rings (SSSR count). The van der Waals surface area contributed by atoms with E-state index in [1.807, 2.05) is 0 Å². The van der Waals surface area contributed by atoms with Crippen LogP contribution in [-0.2, 0) is 16.1 Å². The van der Waals surface area contributed by atoms with Crippen LogP contribution in [0.3, 0.4) is 0 Å². The molecule has 1 aliphatic rings. The van der Waals surface area contributed by atoms with Crippen molar-refractivity contribution in [1.82, 2.24) is 24.9 Å². The van der Waals surface area contributed by atoms with Gasteiger partial charge < -0.3 is 24.8 Å². The highest BCUT2D eigenvalue weighted by Crippen LogP contribution is 2.26. The fourth-order valence-corrected chi connectivity index (χ4v) is 4.22. The summed E-state index contributed by atoms with van der Waals surface area (Å²) in [6.45, 7) is 2.69. The number of carbonyl (C=O) groups excluding carboxylic acids is 2. The number of hydrogen-bond acceptors (Lipinski definition) is 8. The first kappa shape index (κ1) is 26.0. The van der Waals surface area contributed by atoms with Crippen molar-refractivity contribution in [2.24, 2.45) is 0 Å². The molecular weight excluding hydrogens is 507 g/mol. The zero-order valence-corrected chi connectivity index (χ0v) is 21.4. The molecule has 2 amide bonds. The Morgan fingerprint density at radius 2 is 2.00 bits per heavy atom. The molecule has 12 heteroatoms. The number of nitrogens with zero attached hydrogens (tertiary/aromatic N) is 4. The van der Waals surface area contributed by atoms with Crippen LogP contribution in [0.5, 0.6) is 11.6 Å². The average Bonchev–Trinajstić information content (AvgIpc) is 3.33. The van der Waals surface area contributed by atoms with E-state index in [1.54, 1.807) is 36.7 Å². The van der Waals surface area contributed by atoms with Gasteiger partial charge in [-0.15, -0.1) is 0 Å². The number of nitrogens with one attached hydrogen (secondary N) is 2. The second kappa shape index (κ2) is 11.4. The monoisotopic (exact) mass is 534 g/mol. The van der Waals surface area contributed by atoms with E-state index >= 15 is 0 Å². The summed E-state index contributed by atoms with van der Waals surface area (Å²) in [5.41, 5.74) is 2.49. The van der Waals surface area contributed by atoms with Crippen molar-refractivity contribution in [2.45, 2.75) is 32.4 Å². The molecule has 2 N–H and O–H groups in total. The molecule has 11 nitrogen and oxygen atoms in total. The molecule has 1 fully saturated rings. The highest BCUT2D eigenvalue weighted by Gasteiger charge is 2.20. The Labute approximate surface area is 223 Å². The van der Waals surface area contributed by atoms with Crippen molar-refractivity contribution in [1.29, 1.82) is 0 Å². The Morgan fingerprint density at radius 1 is 1.18 bits per heavy atom. The summed E-state index contributed by atoms with van der Waals surface area (Å²) in [5.74, 6) is -0.183. The Balaban J connectivity index is 1.35. The SMILES string of the molecule is COc1ncc(-c2ccc3nc(NC(C)=O)cn3n2)cc1C(=O)NCc1ccc(F)cc1OC1CCOCC1. The van der Waals surface area contributed by atoms with Crippen LogP contribution in [0.25, 0.3) is 16.9 Å². The number of anilines is 1. The molecule has 0 aliphatic carbocycles. The number of aromatic nitrogens is 4. The maximum atomic E-state index is 14.0. The van der Waals surface area contributed by atoms with Gasteiger partial charge in [0.25, 0.3) is 5.91 Å². The number of benzene rings is 1. The number of methoxy groups -OCH3 is 1. The Bertz CT molecular complexity index is 1520. The van der Waals surface area contributed by atoms with E-state index in [0.29, 0.717) is 60.1 Å². The molecule has 4 aromatic rings. The maximum Gasteiger partial charge on any atom is 0.257 e. The molecule has 202 valence electrons. The van der Waals surface area contributed by atoms with Crippen molar-refractivity contribution in [3.05, 3.63) is 65.7 Å². The van der Waals surface area contributed by atoms with Crippen LogP contribution < -0.4 is 20.1 Å². The molecule has 1 saturated heterocycles. The summed E-state index contributed by atoms with van der Waals surface area (Å²) in [5, 5.41) is 10.0. The number of ether oxygens (including phenoxy) is 3. The lowest BCUT2D eigenvalue weighted by Gasteiger charge is -2.24. The number of pyridine rings is 1. The van der Waals surface area contributed by atoms with Crippen molar-refractivity contribution in [3.63, 3.8) is 0 Å². The molecule has 1 aliphatic heterocycles. The van der Waals surface area contributed by atoms with Crippen LogP contribution in [0.4, 0.5) is 10.2 Å². The Hall–Kier alpha value is -4.58. The summed E-state index contributed by atoms with van der Waals surface area (Å²) in [6, 6.07) is 9.36. The van der Waals surface area contributed by atoms with E-state index in [4.69, 9.17) is 14.2 Å². The summed E-state index contributed by atoms with van der Waals surface area (Å²) in [6.07, 6.45) is 4.49. The third-order valence-electron chi connectivity index (χ3n) is 6.14. The van der Waals surface area contributed by atoms with Crippen molar-refractivity contribution >= 4 is 23.3 Å². The zero-order valence-electron chi connectivity index (χ0n) is 21.4. The predicted molar refractivity (Wildman–Crippen MR) is 139 cm³/mol. The Morgan fingerprint density at radius 3 is 2.77 bits per heavy atom. The van der Waals surface area contributed by atoms with Crippen LogP contribution in [0, 0.1) is 5.82 Å². The number of imidazole rings is 1. The summed E-state index contributed by atoms with van der Waals surface area (Å²) in [7, 11) is 1.43. The molecular formula is C27H27FN6O5. The summed E-state index contributed by atoms with van der Waals surface area (Å²) in [4.78, 5) is 33.2. The minimum atomic E-state index is -0.431. The van der Waals surface area contributed by atoms with Crippen molar-refractivity contribution in [2.75, 3.05) is 25.6 Å². The standard InChI is InChI=1S/C27H27FN6O5/c1-16(35)31-24-15-34-25(32-24)6-5-22(33-34)18-11-21(27(37-2)30-14-18)26(36)29-13-17-3-4-19(28)12-23(17)39-20-7-9-38-10-8-20/h3-6,11-12,14-15,20H,7-10,13H2,1-2H3,(H,29,36)(H,31,35). The number of amides is 2. The average molecular weight is 535 g/mol. The molecule has 1 aromatic carbocycles. The molecule has 39 heavy (non-hydrogen) atoms. The third-order valence-corrected chi connectivity index (χ3v) is 6.14. The number of carbonyl (C=O) groups is 2. The number of rotatable bonds is 8. The van der Waals surface area contributed by atoms with Crippen molar-refractivity contribution < 1.29 is 28.2 Å². The molecule has 3 aromatic heterocycles. The first-order valence-corrected chi connectivity index (χ1v) is 12.4. The van der Waals surface area contributed by atoms with Crippen LogP contribution in [-0.4, -0.2) is 57.8 Å². The van der Waals surface area contributed by atoms with Gasteiger partial charge in [-0.3, -0.25) is 9.59 Å². The lowest BCUT2D eigenvalue weighted by molar-refractivity contribution is -0.114. The topological polar surface area (TPSA) is 129 Å². The van der Waals surface area contributed by atoms with E-state index in [-0.39, 0.29) is 30.0 Å². The quantitative estimate of drug-likeness (QED) is 0.352. The van der Waals surface area contributed by atoms with Gasteiger partial charge in [-0.25, -0.2) is 18.9 Å². The van der Waals surface area contributed by atoms with Crippen molar-refractivity contribution in [3.8, 4) is 22.9 Å². The third kappa shape index (κ3) is 6.12. The fourth-order valence-electron chi connectivity index (χ4n) is 4.22. The molecule has 0 bridgehead atoms. The normalized spacial score (nSPS) is 13.7. The molecule has 0 saturated carbocycles. The first-order chi connectivity index (χ1) is 18.9. The van der Waals surface area contributed by atoms with E-state index in [9.17, 15) is 14.0 Å². The highest BCUT2D eigenvalue weighted by atomic mass is 19.1. The predicted octanol–water partition coefficient (Wildman–Crippen LogP) is 3.39. The fraction of sp³-hybridized carbons (Fsp3) is 0.296. The second-order valence-electron chi connectivity index (χ2n) is 8.97. The van der Waals surface area contributed by atoms with Gasteiger partial charge in [0.05, 0.1) is 32.2 Å². The number of fused-ring (bicyclic) bond motifs is 1. The smallest absolute Gasteiger partial charge is 0.257 e. The van der Waals surface area contributed by atoms with Gasteiger partial charge in [0, 0.05) is 49.7 Å². The van der Waals surface area contributed by atoms with E-state index in [1.165, 1.54) is 30.7 Å².